The molecule has 0 spiro atoms. The average Bonchev–Trinajstić information content (AvgIpc) is 3.31. The molecule has 6 nitrogen and oxygen atoms in total. The van der Waals surface area contributed by atoms with Crippen molar-refractivity contribution in [2.45, 2.75) is 111 Å². The van der Waals surface area contributed by atoms with Gasteiger partial charge < -0.3 is 24.1 Å². The van der Waals surface area contributed by atoms with Gasteiger partial charge in [0.1, 0.15) is 0 Å². The molecule has 2 heterocycles. The summed E-state index contributed by atoms with van der Waals surface area (Å²) >= 11 is 0. The van der Waals surface area contributed by atoms with Crippen LogP contribution in [0.3, 0.4) is 0 Å². The normalized spacial score (nSPS) is 39.2. The summed E-state index contributed by atoms with van der Waals surface area (Å²) in [6.07, 6.45) is 13.4. The van der Waals surface area contributed by atoms with Crippen LogP contribution in [0.1, 0.15) is 80.1 Å². The fourth-order valence-electron chi connectivity index (χ4n) is 7.36. The number of methoxy groups -OCH3 is 2. The van der Waals surface area contributed by atoms with Crippen LogP contribution < -0.4 is 0 Å². The number of hydrogen-bond donors (Lipinski definition) is 1. The van der Waals surface area contributed by atoms with Gasteiger partial charge in [0, 0.05) is 13.0 Å². The van der Waals surface area contributed by atoms with E-state index in [1.807, 2.05) is 6.92 Å². The van der Waals surface area contributed by atoms with Gasteiger partial charge in [0.25, 0.3) is 0 Å². The Hall–Kier alpha value is -1.21. The molecule has 0 aromatic rings. The molecular formula is C32H54O6. The number of carbonyl (C=O) groups is 1. The number of ether oxygens (including phenoxy) is 4. The molecule has 2 aliphatic heterocycles. The van der Waals surface area contributed by atoms with Crippen LogP contribution >= 0.6 is 0 Å². The number of hydrogen-bond acceptors (Lipinski definition) is 6. The minimum atomic E-state index is -0.162. The van der Waals surface area contributed by atoms with E-state index in [0.717, 1.165) is 44.1 Å². The molecular weight excluding hydrogens is 480 g/mol. The van der Waals surface area contributed by atoms with E-state index in [0.29, 0.717) is 17.8 Å². The summed E-state index contributed by atoms with van der Waals surface area (Å²) < 4.78 is 23.6. The standard InChI is InChI=1S/C32H54O6/c1-19-10-9-11-25(29(19)23(5)32(34)36-8)17-26(18-33)31-21(3)13-15-27(37-31)14-12-20(2)30-22(4)16-28(38-30)24(6)35-7/h12,14,17,19-25,27-31,33H,9-11,13,15-16,18H2,1-8H3/b14-12+,26-17+/t19-,20+,21-,22+,23-,24+,25-,27-,28-,29-,30+,31-/m1/s1. The highest BCUT2D eigenvalue weighted by Gasteiger charge is 2.39. The van der Waals surface area contributed by atoms with E-state index in [9.17, 15) is 9.90 Å². The Morgan fingerprint density at radius 3 is 2.39 bits per heavy atom. The lowest BCUT2D eigenvalue weighted by Crippen LogP contribution is -2.38. The van der Waals surface area contributed by atoms with Gasteiger partial charge in [-0.15, -0.1) is 0 Å². The Morgan fingerprint density at radius 2 is 1.74 bits per heavy atom. The zero-order valence-corrected chi connectivity index (χ0v) is 25.1. The molecule has 12 atom stereocenters. The van der Waals surface area contributed by atoms with Crippen molar-refractivity contribution in [2.75, 3.05) is 20.8 Å². The van der Waals surface area contributed by atoms with Gasteiger partial charge in [-0.3, -0.25) is 4.79 Å². The van der Waals surface area contributed by atoms with E-state index in [2.05, 4.69) is 52.8 Å². The fourth-order valence-corrected chi connectivity index (χ4v) is 7.36. The highest BCUT2D eigenvalue weighted by Crippen LogP contribution is 2.42. The molecule has 3 aliphatic rings. The first kappa shape index (κ1) is 31.3. The maximum Gasteiger partial charge on any atom is 0.308 e. The molecule has 218 valence electrons. The van der Waals surface area contributed by atoms with Crippen molar-refractivity contribution < 1.29 is 28.8 Å². The van der Waals surface area contributed by atoms with Crippen LogP contribution in [-0.2, 0) is 23.7 Å². The Bertz CT molecular complexity index is 808. The van der Waals surface area contributed by atoms with Crippen LogP contribution in [0.5, 0.6) is 0 Å². The lowest BCUT2D eigenvalue weighted by atomic mass is 9.66. The Labute approximate surface area is 231 Å². The van der Waals surface area contributed by atoms with Gasteiger partial charge in [0.05, 0.1) is 50.2 Å². The van der Waals surface area contributed by atoms with Crippen molar-refractivity contribution in [3.05, 3.63) is 23.8 Å². The van der Waals surface area contributed by atoms with Crippen LogP contribution in [0, 0.1) is 41.4 Å². The molecule has 1 N–H and O–H groups in total. The quantitative estimate of drug-likeness (QED) is 0.275. The zero-order chi connectivity index (χ0) is 28.0. The van der Waals surface area contributed by atoms with Gasteiger partial charge in [0.2, 0.25) is 0 Å². The van der Waals surface area contributed by atoms with Crippen LogP contribution in [-0.4, -0.2) is 62.4 Å². The average molecular weight is 535 g/mol. The predicted octanol–water partition coefficient (Wildman–Crippen LogP) is 5.97. The summed E-state index contributed by atoms with van der Waals surface area (Å²) in [5.41, 5.74) is 0.967. The van der Waals surface area contributed by atoms with Crippen LogP contribution in [0.25, 0.3) is 0 Å². The highest BCUT2D eigenvalue weighted by atomic mass is 16.5. The van der Waals surface area contributed by atoms with Gasteiger partial charge in [0.15, 0.2) is 0 Å². The first-order valence-corrected chi connectivity index (χ1v) is 15.0. The Morgan fingerprint density at radius 1 is 1.00 bits per heavy atom. The summed E-state index contributed by atoms with van der Waals surface area (Å²) in [7, 11) is 3.22. The molecule has 0 amide bonds. The summed E-state index contributed by atoms with van der Waals surface area (Å²) in [5, 5.41) is 10.5. The molecule has 6 heteroatoms. The SMILES string of the molecule is COC(=O)[C@H](C)[C@H]1[C@H](C)CCC[C@@H]1/C=C(\CO)[C@@H]1O[C@H](/C=C/[C@H](C)[C@@H]2O[C@@H]([C@H](C)OC)C[C@@H]2C)CC[C@H]1C. The van der Waals surface area contributed by atoms with E-state index in [4.69, 9.17) is 18.9 Å². The van der Waals surface area contributed by atoms with Crippen LogP contribution in [0.4, 0.5) is 0 Å². The Kier molecular flexibility index (Phi) is 11.9. The van der Waals surface area contributed by atoms with Crippen LogP contribution in [0.2, 0.25) is 0 Å². The van der Waals surface area contributed by atoms with Crippen LogP contribution in [0.15, 0.2) is 23.8 Å². The number of carbonyl (C=O) groups excluding carboxylic acids is 1. The molecule has 0 aromatic heterocycles. The number of rotatable bonds is 10. The van der Waals surface area contributed by atoms with E-state index in [1.54, 1.807) is 7.11 Å². The third-order valence-corrected chi connectivity index (χ3v) is 9.76. The third kappa shape index (κ3) is 7.50. The second-order valence-electron chi connectivity index (χ2n) is 12.5. The molecule has 1 aliphatic carbocycles. The minimum absolute atomic E-state index is 0.0153. The summed E-state index contributed by atoms with van der Waals surface area (Å²) in [6, 6.07) is 0. The number of aliphatic hydroxyl groups excluding tert-OH is 1. The van der Waals surface area contributed by atoms with Crippen molar-refractivity contribution in [2.24, 2.45) is 41.4 Å². The molecule has 1 saturated carbocycles. The van der Waals surface area contributed by atoms with E-state index in [-0.39, 0.29) is 66.8 Å². The monoisotopic (exact) mass is 534 g/mol. The predicted molar refractivity (Wildman–Crippen MR) is 151 cm³/mol. The van der Waals surface area contributed by atoms with Crippen molar-refractivity contribution in [1.82, 2.24) is 0 Å². The molecule has 2 saturated heterocycles. The first-order valence-electron chi connectivity index (χ1n) is 15.0. The number of allylic oxidation sites excluding steroid dienone is 1. The lowest BCUT2D eigenvalue weighted by molar-refractivity contribution is -0.148. The Balaban J connectivity index is 1.70. The molecule has 3 rings (SSSR count). The second kappa shape index (κ2) is 14.4. The summed E-state index contributed by atoms with van der Waals surface area (Å²) in [6.45, 7) is 13.0. The second-order valence-corrected chi connectivity index (χ2v) is 12.5. The summed E-state index contributed by atoms with van der Waals surface area (Å²) in [5.74, 6) is 1.70. The summed E-state index contributed by atoms with van der Waals surface area (Å²) in [4.78, 5) is 12.4. The van der Waals surface area contributed by atoms with E-state index >= 15 is 0 Å². The topological polar surface area (TPSA) is 74.2 Å². The maximum atomic E-state index is 12.4. The molecule has 0 aromatic carbocycles. The fraction of sp³-hybridized carbons (Fsp3) is 0.844. The van der Waals surface area contributed by atoms with Crippen molar-refractivity contribution in [3.63, 3.8) is 0 Å². The molecule has 0 unspecified atom stereocenters. The van der Waals surface area contributed by atoms with Gasteiger partial charge in [-0.2, -0.15) is 0 Å². The van der Waals surface area contributed by atoms with E-state index < -0.39 is 0 Å². The smallest absolute Gasteiger partial charge is 0.308 e. The lowest BCUT2D eigenvalue weighted by Gasteiger charge is -2.40. The molecule has 38 heavy (non-hydrogen) atoms. The highest BCUT2D eigenvalue weighted by molar-refractivity contribution is 5.72. The zero-order valence-electron chi connectivity index (χ0n) is 25.1. The van der Waals surface area contributed by atoms with Gasteiger partial charge in [-0.05, 0) is 67.8 Å². The van der Waals surface area contributed by atoms with Crippen molar-refractivity contribution in [3.8, 4) is 0 Å². The van der Waals surface area contributed by atoms with Gasteiger partial charge >= 0.3 is 5.97 Å². The molecule has 3 fully saturated rings. The van der Waals surface area contributed by atoms with E-state index in [1.165, 1.54) is 7.11 Å². The molecule has 0 radical (unpaired) electrons. The van der Waals surface area contributed by atoms with Crippen molar-refractivity contribution in [1.29, 1.82) is 0 Å². The third-order valence-electron chi connectivity index (χ3n) is 9.76. The van der Waals surface area contributed by atoms with Gasteiger partial charge in [-0.25, -0.2) is 0 Å². The number of esters is 1. The first-order chi connectivity index (χ1) is 18.1. The maximum absolute atomic E-state index is 12.4. The molecule has 0 bridgehead atoms. The minimum Gasteiger partial charge on any atom is -0.469 e. The van der Waals surface area contributed by atoms with Crippen molar-refractivity contribution >= 4 is 5.97 Å². The van der Waals surface area contributed by atoms with Gasteiger partial charge in [-0.1, -0.05) is 65.7 Å². The largest absolute Gasteiger partial charge is 0.469 e. The number of aliphatic hydroxyl groups is 1.